The van der Waals surface area contributed by atoms with Crippen molar-refractivity contribution in [2.75, 3.05) is 80.7 Å². The van der Waals surface area contributed by atoms with Gasteiger partial charge in [-0.3, -0.25) is 4.99 Å². The van der Waals surface area contributed by atoms with Gasteiger partial charge in [-0.25, -0.2) is 0 Å². The van der Waals surface area contributed by atoms with Crippen molar-refractivity contribution < 1.29 is 9.47 Å². The van der Waals surface area contributed by atoms with Crippen LogP contribution in [0.1, 0.15) is 25.3 Å². The molecule has 0 amide bonds. The highest BCUT2D eigenvalue weighted by Gasteiger charge is 2.13. The minimum absolute atomic E-state index is 0.765. The van der Waals surface area contributed by atoms with Gasteiger partial charge >= 0.3 is 0 Å². The Kier molecular flexibility index (Phi) is 10.8. The lowest BCUT2D eigenvalue weighted by Gasteiger charge is -2.32. The summed E-state index contributed by atoms with van der Waals surface area (Å²) in [6.07, 6.45) is 3.26. The second-order valence-electron chi connectivity index (χ2n) is 7.95. The number of guanidine groups is 1. The zero-order valence-electron chi connectivity index (χ0n) is 19.6. The summed E-state index contributed by atoms with van der Waals surface area (Å²) >= 11 is 0. The van der Waals surface area contributed by atoms with Crippen LogP contribution in [0.25, 0.3) is 0 Å². The Hall–Kier alpha value is -1.99. The Bertz CT molecular complexity index is 644. The van der Waals surface area contributed by atoms with Crippen LogP contribution in [0.4, 0.5) is 0 Å². The Morgan fingerprint density at radius 1 is 1.10 bits per heavy atom. The third-order valence-corrected chi connectivity index (χ3v) is 5.62. The summed E-state index contributed by atoms with van der Waals surface area (Å²) in [5, 5.41) is 3.42. The molecule has 1 aromatic rings. The number of likely N-dealkylation sites (N-methyl/N-ethyl adjacent to an activating group) is 2. The average molecular weight is 420 g/mol. The third-order valence-electron chi connectivity index (χ3n) is 5.62. The molecule has 0 atom stereocenters. The Morgan fingerprint density at radius 2 is 1.83 bits per heavy atom. The van der Waals surface area contributed by atoms with E-state index in [1.54, 1.807) is 14.2 Å². The maximum absolute atomic E-state index is 5.41. The van der Waals surface area contributed by atoms with E-state index >= 15 is 0 Å². The maximum atomic E-state index is 5.41. The van der Waals surface area contributed by atoms with Crippen molar-refractivity contribution in [2.24, 2.45) is 4.99 Å². The van der Waals surface area contributed by atoms with Gasteiger partial charge < -0.3 is 29.5 Å². The van der Waals surface area contributed by atoms with Gasteiger partial charge in [0.2, 0.25) is 0 Å². The number of rotatable bonds is 11. The molecule has 0 aliphatic carbocycles. The lowest BCUT2D eigenvalue weighted by atomic mass is 10.1. The molecule has 30 heavy (non-hydrogen) atoms. The maximum Gasteiger partial charge on any atom is 0.193 e. The first kappa shape index (κ1) is 24.3. The predicted molar refractivity (Wildman–Crippen MR) is 125 cm³/mol. The molecular weight excluding hydrogens is 378 g/mol. The van der Waals surface area contributed by atoms with Crippen molar-refractivity contribution >= 4 is 5.96 Å². The van der Waals surface area contributed by atoms with E-state index in [9.17, 15) is 0 Å². The first-order chi connectivity index (χ1) is 14.6. The number of nitrogens with zero attached hydrogens (tertiary/aromatic N) is 4. The number of aliphatic imine (C=N–C) groups is 1. The van der Waals surface area contributed by atoms with Crippen LogP contribution in [0.15, 0.2) is 23.2 Å². The largest absolute Gasteiger partial charge is 0.493 e. The number of nitrogens with one attached hydrogen (secondary N) is 1. The van der Waals surface area contributed by atoms with Gasteiger partial charge in [0, 0.05) is 52.9 Å². The summed E-state index contributed by atoms with van der Waals surface area (Å²) in [6, 6.07) is 6.11. The Labute approximate surface area is 183 Å². The van der Waals surface area contributed by atoms with Gasteiger partial charge in [-0.05, 0) is 57.5 Å². The molecule has 1 saturated heterocycles. The van der Waals surface area contributed by atoms with Crippen LogP contribution in [0.2, 0.25) is 0 Å². The summed E-state index contributed by atoms with van der Waals surface area (Å²) in [5.74, 6) is 2.53. The molecule has 1 aliphatic rings. The van der Waals surface area contributed by atoms with Crippen LogP contribution in [0.3, 0.4) is 0 Å². The topological polar surface area (TPSA) is 52.6 Å². The van der Waals surface area contributed by atoms with Crippen LogP contribution in [0.5, 0.6) is 11.5 Å². The first-order valence-corrected chi connectivity index (χ1v) is 11.2. The molecular formula is C23H41N5O2. The molecule has 1 fully saturated rings. The standard InChI is InChI=1S/C23H41N5O2/c1-6-24-23(25-12-7-8-13-28-17-15-26(2)16-18-28)27(3)14-11-20-9-10-21(29-4)22(19-20)30-5/h9-10,19H,6-8,11-18H2,1-5H3,(H,24,25). The van der Waals surface area contributed by atoms with E-state index in [4.69, 9.17) is 14.5 Å². The quantitative estimate of drug-likeness (QED) is 0.337. The average Bonchev–Trinajstić information content (AvgIpc) is 2.77. The Balaban J connectivity index is 1.76. The summed E-state index contributed by atoms with van der Waals surface area (Å²) < 4.78 is 10.7. The van der Waals surface area contributed by atoms with Crippen LogP contribution >= 0.6 is 0 Å². The molecule has 0 radical (unpaired) electrons. The summed E-state index contributed by atoms with van der Waals surface area (Å²) in [6.45, 7) is 10.7. The van der Waals surface area contributed by atoms with E-state index in [0.29, 0.717) is 0 Å². The fourth-order valence-corrected chi connectivity index (χ4v) is 3.61. The number of unbranched alkanes of at least 4 members (excludes halogenated alkanes) is 1. The van der Waals surface area contributed by atoms with E-state index in [1.165, 1.54) is 44.7 Å². The lowest BCUT2D eigenvalue weighted by Crippen LogP contribution is -2.44. The van der Waals surface area contributed by atoms with Crippen molar-refractivity contribution in [3.05, 3.63) is 23.8 Å². The summed E-state index contributed by atoms with van der Waals surface area (Å²) in [5.41, 5.74) is 1.22. The summed E-state index contributed by atoms with van der Waals surface area (Å²) in [7, 11) is 7.64. The molecule has 1 N–H and O–H groups in total. The molecule has 0 aromatic heterocycles. The molecule has 0 saturated carbocycles. The SMILES string of the molecule is CCNC(=NCCCCN1CCN(C)CC1)N(C)CCc1ccc(OC)c(OC)c1. The van der Waals surface area contributed by atoms with Gasteiger partial charge in [0.25, 0.3) is 0 Å². The van der Waals surface area contributed by atoms with Gasteiger partial charge in [-0.2, -0.15) is 0 Å². The van der Waals surface area contributed by atoms with Crippen LogP contribution in [-0.4, -0.2) is 101 Å². The van der Waals surface area contributed by atoms with E-state index in [1.807, 2.05) is 6.07 Å². The van der Waals surface area contributed by atoms with E-state index < -0.39 is 0 Å². The van der Waals surface area contributed by atoms with E-state index in [0.717, 1.165) is 49.9 Å². The number of hydrogen-bond donors (Lipinski definition) is 1. The van der Waals surface area contributed by atoms with Gasteiger partial charge in [0.05, 0.1) is 14.2 Å². The molecule has 1 aromatic carbocycles. The Morgan fingerprint density at radius 3 is 2.50 bits per heavy atom. The second-order valence-corrected chi connectivity index (χ2v) is 7.95. The molecule has 0 bridgehead atoms. The minimum atomic E-state index is 0.765. The molecule has 0 spiro atoms. The van der Waals surface area contributed by atoms with E-state index in [2.05, 4.69) is 53.2 Å². The fourth-order valence-electron chi connectivity index (χ4n) is 3.61. The zero-order valence-corrected chi connectivity index (χ0v) is 19.6. The van der Waals surface area contributed by atoms with Crippen LogP contribution < -0.4 is 14.8 Å². The minimum Gasteiger partial charge on any atom is -0.493 e. The van der Waals surface area contributed by atoms with Crippen molar-refractivity contribution in [2.45, 2.75) is 26.2 Å². The third kappa shape index (κ3) is 8.03. The van der Waals surface area contributed by atoms with Crippen LogP contribution in [-0.2, 0) is 6.42 Å². The summed E-state index contributed by atoms with van der Waals surface area (Å²) in [4.78, 5) is 12.0. The predicted octanol–water partition coefficient (Wildman–Crippen LogP) is 2.17. The highest BCUT2D eigenvalue weighted by molar-refractivity contribution is 5.79. The van der Waals surface area contributed by atoms with Gasteiger partial charge in [0.1, 0.15) is 0 Å². The number of hydrogen-bond acceptors (Lipinski definition) is 5. The van der Waals surface area contributed by atoms with Gasteiger partial charge in [-0.1, -0.05) is 6.07 Å². The number of methoxy groups -OCH3 is 2. The molecule has 7 nitrogen and oxygen atoms in total. The second kappa shape index (κ2) is 13.3. The van der Waals surface area contributed by atoms with Crippen LogP contribution in [0, 0.1) is 0 Å². The smallest absolute Gasteiger partial charge is 0.193 e. The molecule has 1 aliphatic heterocycles. The zero-order chi connectivity index (χ0) is 21.8. The van der Waals surface area contributed by atoms with Crippen molar-refractivity contribution in [3.8, 4) is 11.5 Å². The van der Waals surface area contributed by atoms with Crippen molar-refractivity contribution in [1.29, 1.82) is 0 Å². The monoisotopic (exact) mass is 419 g/mol. The number of benzene rings is 1. The number of ether oxygens (including phenoxy) is 2. The highest BCUT2D eigenvalue weighted by atomic mass is 16.5. The highest BCUT2D eigenvalue weighted by Crippen LogP contribution is 2.27. The molecule has 2 rings (SSSR count). The first-order valence-electron chi connectivity index (χ1n) is 11.2. The molecule has 170 valence electrons. The van der Waals surface area contributed by atoms with Crippen molar-refractivity contribution in [3.63, 3.8) is 0 Å². The van der Waals surface area contributed by atoms with E-state index in [-0.39, 0.29) is 0 Å². The fraction of sp³-hybridized carbons (Fsp3) is 0.696. The van der Waals surface area contributed by atoms with Gasteiger partial charge in [0.15, 0.2) is 17.5 Å². The molecule has 0 unspecified atom stereocenters. The van der Waals surface area contributed by atoms with Gasteiger partial charge in [-0.15, -0.1) is 0 Å². The lowest BCUT2D eigenvalue weighted by molar-refractivity contribution is 0.152. The molecule has 1 heterocycles. The number of piperazine rings is 1. The van der Waals surface area contributed by atoms with Crippen molar-refractivity contribution in [1.82, 2.24) is 20.0 Å². The normalized spacial score (nSPS) is 15.8. The molecule has 7 heteroatoms.